The van der Waals surface area contributed by atoms with Crippen molar-refractivity contribution in [2.24, 2.45) is 0 Å². The molecule has 1 N–H and O–H groups in total. The van der Waals surface area contributed by atoms with Gasteiger partial charge in [-0.25, -0.2) is 9.97 Å². The SMILES string of the molecule is O=C(O)CC1(c2ccncn2)CCC1. The van der Waals surface area contributed by atoms with Crippen molar-refractivity contribution >= 4 is 5.97 Å². The van der Waals surface area contributed by atoms with E-state index in [9.17, 15) is 4.79 Å². The Bertz CT molecular complexity index is 333. The minimum absolute atomic E-state index is 0.185. The van der Waals surface area contributed by atoms with Crippen molar-refractivity contribution in [1.29, 1.82) is 0 Å². The van der Waals surface area contributed by atoms with Crippen molar-refractivity contribution in [2.75, 3.05) is 0 Å². The van der Waals surface area contributed by atoms with E-state index in [4.69, 9.17) is 5.11 Å². The zero-order valence-electron chi connectivity index (χ0n) is 7.81. The largest absolute Gasteiger partial charge is 0.481 e. The van der Waals surface area contributed by atoms with E-state index in [1.165, 1.54) is 6.33 Å². The van der Waals surface area contributed by atoms with E-state index < -0.39 is 5.97 Å². The molecule has 1 aliphatic carbocycles. The molecule has 1 saturated carbocycles. The fraction of sp³-hybridized carbons (Fsp3) is 0.500. The van der Waals surface area contributed by atoms with E-state index in [-0.39, 0.29) is 11.8 Å². The zero-order chi connectivity index (χ0) is 10.0. The Morgan fingerprint density at radius 3 is 2.79 bits per heavy atom. The maximum Gasteiger partial charge on any atom is 0.304 e. The highest BCUT2D eigenvalue weighted by atomic mass is 16.4. The van der Waals surface area contributed by atoms with E-state index in [0.29, 0.717) is 0 Å². The molecule has 0 spiro atoms. The Labute approximate surface area is 82.0 Å². The molecule has 0 saturated heterocycles. The second kappa shape index (κ2) is 3.36. The van der Waals surface area contributed by atoms with E-state index in [0.717, 1.165) is 25.0 Å². The molecule has 1 aliphatic rings. The zero-order valence-corrected chi connectivity index (χ0v) is 7.81. The highest BCUT2D eigenvalue weighted by molar-refractivity contribution is 5.69. The third kappa shape index (κ3) is 1.47. The molecule has 1 aromatic rings. The molecule has 2 rings (SSSR count). The summed E-state index contributed by atoms with van der Waals surface area (Å²) >= 11 is 0. The summed E-state index contributed by atoms with van der Waals surface area (Å²) < 4.78 is 0. The smallest absolute Gasteiger partial charge is 0.304 e. The number of aliphatic carboxylic acids is 1. The van der Waals surface area contributed by atoms with Gasteiger partial charge in [-0.15, -0.1) is 0 Å². The summed E-state index contributed by atoms with van der Waals surface area (Å²) in [5.41, 5.74) is 0.663. The van der Waals surface area contributed by atoms with Gasteiger partial charge in [-0.3, -0.25) is 4.79 Å². The monoisotopic (exact) mass is 192 g/mol. The Morgan fingerprint density at radius 2 is 2.36 bits per heavy atom. The van der Waals surface area contributed by atoms with Crippen LogP contribution in [0.1, 0.15) is 31.4 Å². The van der Waals surface area contributed by atoms with E-state index >= 15 is 0 Å². The number of aromatic nitrogens is 2. The van der Waals surface area contributed by atoms with Crippen LogP contribution in [-0.2, 0) is 10.2 Å². The standard InChI is InChI=1S/C10H12N2O2/c13-9(14)6-10(3-1-4-10)8-2-5-11-7-12-8/h2,5,7H,1,3-4,6H2,(H,13,14). The molecule has 0 atom stereocenters. The van der Waals surface area contributed by atoms with Gasteiger partial charge in [-0.05, 0) is 18.9 Å². The van der Waals surface area contributed by atoms with Gasteiger partial charge in [0, 0.05) is 11.6 Å². The van der Waals surface area contributed by atoms with Crippen LogP contribution in [0.15, 0.2) is 18.6 Å². The summed E-state index contributed by atoms with van der Waals surface area (Å²) in [7, 11) is 0. The predicted molar refractivity (Wildman–Crippen MR) is 49.8 cm³/mol. The van der Waals surface area contributed by atoms with Gasteiger partial charge in [-0.2, -0.15) is 0 Å². The van der Waals surface area contributed by atoms with Crippen molar-refractivity contribution in [3.8, 4) is 0 Å². The molecule has 14 heavy (non-hydrogen) atoms. The molecule has 4 nitrogen and oxygen atoms in total. The molecule has 1 heterocycles. The quantitative estimate of drug-likeness (QED) is 0.785. The average molecular weight is 192 g/mol. The Balaban J connectivity index is 2.25. The maximum atomic E-state index is 10.7. The van der Waals surface area contributed by atoms with Gasteiger partial charge in [0.2, 0.25) is 0 Å². The van der Waals surface area contributed by atoms with Crippen molar-refractivity contribution in [2.45, 2.75) is 31.1 Å². The molecule has 0 amide bonds. The Kier molecular flexibility index (Phi) is 2.19. The first-order valence-corrected chi connectivity index (χ1v) is 4.71. The van der Waals surface area contributed by atoms with E-state index in [2.05, 4.69) is 9.97 Å². The van der Waals surface area contributed by atoms with Crippen LogP contribution in [0.2, 0.25) is 0 Å². The lowest BCUT2D eigenvalue weighted by Gasteiger charge is -2.40. The maximum absolute atomic E-state index is 10.7. The van der Waals surface area contributed by atoms with Gasteiger partial charge in [0.15, 0.2) is 0 Å². The van der Waals surface area contributed by atoms with Gasteiger partial charge in [0.05, 0.1) is 12.1 Å². The van der Waals surface area contributed by atoms with Gasteiger partial charge in [-0.1, -0.05) is 6.42 Å². The van der Waals surface area contributed by atoms with Gasteiger partial charge >= 0.3 is 5.97 Å². The molecule has 0 unspecified atom stereocenters. The van der Waals surface area contributed by atoms with Crippen molar-refractivity contribution in [3.63, 3.8) is 0 Å². The van der Waals surface area contributed by atoms with Crippen molar-refractivity contribution in [3.05, 3.63) is 24.3 Å². The Morgan fingerprint density at radius 1 is 1.57 bits per heavy atom. The Hall–Kier alpha value is -1.45. The van der Waals surface area contributed by atoms with Crippen LogP contribution in [0.25, 0.3) is 0 Å². The minimum atomic E-state index is -0.747. The number of hydrogen-bond acceptors (Lipinski definition) is 3. The highest BCUT2D eigenvalue weighted by Crippen LogP contribution is 2.45. The number of carboxylic acids is 1. The molecule has 0 aliphatic heterocycles. The number of hydrogen-bond donors (Lipinski definition) is 1. The lowest BCUT2D eigenvalue weighted by atomic mass is 9.64. The summed E-state index contributed by atoms with van der Waals surface area (Å²) in [4.78, 5) is 18.7. The van der Waals surface area contributed by atoms with Crippen molar-refractivity contribution in [1.82, 2.24) is 9.97 Å². The van der Waals surface area contributed by atoms with Crippen LogP contribution in [0, 0.1) is 0 Å². The van der Waals surface area contributed by atoms with Crippen LogP contribution < -0.4 is 0 Å². The molecule has 0 radical (unpaired) electrons. The second-order valence-electron chi connectivity index (χ2n) is 3.80. The lowest BCUT2D eigenvalue weighted by molar-refractivity contribution is -0.139. The summed E-state index contributed by atoms with van der Waals surface area (Å²) in [5, 5.41) is 8.83. The second-order valence-corrected chi connectivity index (χ2v) is 3.80. The molecule has 0 bridgehead atoms. The predicted octanol–water partition coefficient (Wildman–Crippen LogP) is 1.37. The molecule has 74 valence electrons. The highest BCUT2D eigenvalue weighted by Gasteiger charge is 2.41. The van der Waals surface area contributed by atoms with Crippen LogP contribution in [0.3, 0.4) is 0 Å². The molecule has 1 fully saturated rings. The fourth-order valence-corrected chi connectivity index (χ4v) is 2.02. The first kappa shape index (κ1) is 9.12. The number of rotatable bonds is 3. The lowest BCUT2D eigenvalue weighted by Crippen LogP contribution is -2.37. The van der Waals surface area contributed by atoms with Crippen molar-refractivity contribution < 1.29 is 9.90 Å². The number of carboxylic acid groups (broad SMARTS) is 1. The average Bonchev–Trinajstić information content (AvgIpc) is 2.12. The fourth-order valence-electron chi connectivity index (χ4n) is 2.02. The number of carbonyl (C=O) groups is 1. The summed E-state index contributed by atoms with van der Waals surface area (Å²) in [6.45, 7) is 0. The van der Waals surface area contributed by atoms with E-state index in [1.807, 2.05) is 6.07 Å². The van der Waals surface area contributed by atoms with Crippen LogP contribution >= 0.6 is 0 Å². The molecule has 4 heteroatoms. The van der Waals surface area contributed by atoms with Gasteiger partial charge < -0.3 is 5.11 Å². The van der Waals surface area contributed by atoms with Gasteiger partial charge in [0.1, 0.15) is 6.33 Å². The van der Waals surface area contributed by atoms with E-state index in [1.54, 1.807) is 6.20 Å². The van der Waals surface area contributed by atoms with Gasteiger partial charge in [0.25, 0.3) is 0 Å². The molecule has 0 aromatic carbocycles. The molecule has 1 aromatic heterocycles. The summed E-state index contributed by atoms with van der Waals surface area (Å²) in [6.07, 6.45) is 6.29. The third-order valence-corrected chi connectivity index (χ3v) is 2.93. The van der Waals surface area contributed by atoms with Crippen LogP contribution in [0.5, 0.6) is 0 Å². The first-order valence-electron chi connectivity index (χ1n) is 4.71. The molecular weight excluding hydrogens is 180 g/mol. The number of nitrogens with zero attached hydrogens (tertiary/aromatic N) is 2. The minimum Gasteiger partial charge on any atom is -0.481 e. The van der Waals surface area contributed by atoms with Crippen LogP contribution in [0.4, 0.5) is 0 Å². The summed E-state index contributed by atoms with van der Waals surface area (Å²) in [5.74, 6) is -0.747. The van der Waals surface area contributed by atoms with Crippen LogP contribution in [-0.4, -0.2) is 21.0 Å². The topological polar surface area (TPSA) is 63.1 Å². The molecular formula is C10H12N2O2. The first-order chi connectivity index (χ1) is 6.73. The summed E-state index contributed by atoms with van der Waals surface area (Å²) in [6, 6.07) is 1.82. The normalized spacial score (nSPS) is 18.6. The third-order valence-electron chi connectivity index (χ3n) is 2.93.